The number of carbonyl (C=O) groups is 1. The number of amides is 1. The molecule has 1 aliphatic carbocycles. The van der Waals surface area contributed by atoms with Gasteiger partial charge in [0.1, 0.15) is 0 Å². The van der Waals surface area contributed by atoms with Crippen LogP contribution < -0.4 is 0 Å². The summed E-state index contributed by atoms with van der Waals surface area (Å²) in [5.74, 6) is 1.58. The first-order valence-corrected chi connectivity index (χ1v) is 8.55. The van der Waals surface area contributed by atoms with E-state index in [1.165, 1.54) is 12.8 Å². The Bertz CT molecular complexity index is 520. The summed E-state index contributed by atoms with van der Waals surface area (Å²) >= 11 is 0. The van der Waals surface area contributed by atoms with Crippen LogP contribution in [-0.2, 0) is 11.3 Å². The molecular formula is C17H28N4O. The van der Waals surface area contributed by atoms with Crippen molar-refractivity contribution in [1.29, 1.82) is 0 Å². The van der Waals surface area contributed by atoms with E-state index in [-0.39, 0.29) is 0 Å². The molecule has 1 aromatic heterocycles. The highest BCUT2D eigenvalue weighted by Gasteiger charge is 2.35. The van der Waals surface area contributed by atoms with Crippen molar-refractivity contribution in [3.8, 4) is 0 Å². The Labute approximate surface area is 133 Å². The predicted molar refractivity (Wildman–Crippen MR) is 86.3 cm³/mol. The normalized spacial score (nSPS) is 24.1. The Hall–Kier alpha value is -1.36. The number of H-pyrrole nitrogens is 1. The van der Waals surface area contributed by atoms with E-state index in [0.717, 1.165) is 43.5 Å². The highest BCUT2D eigenvalue weighted by atomic mass is 16.2. The minimum Gasteiger partial charge on any atom is -0.348 e. The van der Waals surface area contributed by atoms with Gasteiger partial charge in [0.25, 0.3) is 0 Å². The summed E-state index contributed by atoms with van der Waals surface area (Å²) in [6.45, 7) is 10.1. The van der Waals surface area contributed by atoms with Gasteiger partial charge in [0.05, 0.1) is 12.0 Å². The molecular weight excluding hydrogens is 276 g/mol. The van der Waals surface area contributed by atoms with Gasteiger partial charge < -0.3 is 9.88 Å². The minimum atomic E-state index is 0.329. The van der Waals surface area contributed by atoms with Gasteiger partial charge in [0, 0.05) is 44.3 Å². The van der Waals surface area contributed by atoms with Gasteiger partial charge >= 0.3 is 0 Å². The molecule has 0 spiro atoms. The molecule has 0 bridgehead atoms. The molecule has 2 heterocycles. The Morgan fingerprint density at radius 3 is 2.77 bits per heavy atom. The number of hydrogen-bond donors (Lipinski definition) is 1. The molecule has 22 heavy (non-hydrogen) atoms. The molecule has 2 fully saturated rings. The van der Waals surface area contributed by atoms with E-state index in [4.69, 9.17) is 0 Å². The maximum absolute atomic E-state index is 12.6. The molecule has 1 aromatic rings. The minimum absolute atomic E-state index is 0.329. The van der Waals surface area contributed by atoms with Crippen molar-refractivity contribution < 1.29 is 4.79 Å². The lowest BCUT2D eigenvalue weighted by molar-refractivity contribution is -0.133. The summed E-state index contributed by atoms with van der Waals surface area (Å²) in [7, 11) is 0. The van der Waals surface area contributed by atoms with Crippen molar-refractivity contribution in [3.63, 3.8) is 0 Å². The van der Waals surface area contributed by atoms with Crippen molar-refractivity contribution in [2.75, 3.05) is 19.6 Å². The topological polar surface area (TPSA) is 52.2 Å². The highest BCUT2D eigenvalue weighted by Crippen LogP contribution is 2.32. The third-order valence-corrected chi connectivity index (χ3v) is 5.04. The number of aryl methyl sites for hydroxylation is 1. The quantitative estimate of drug-likeness (QED) is 0.907. The van der Waals surface area contributed by atoms with Crippen LogP contribution in [0.25, 0.3) is 0 Å². The van der Waals surface area contributed by atoms with Gasteiger partial charge in [0.15, 0.2) is 0 Å². The van der Waals surface area contributed by atoms with Crippen molar-refractivity contribution in [2.24, 2.45) is 11.8 Å². The number of aromatic amines is 1. The Balaban J connectivity index is 1.72. The van der Waals surface area contributed by atoms with Crippen molar-refractivity contribution >= 4 is 5.91 Å². The summed E-state index contributed by atoms with van der Waals surface area (Å²) < 4.78 is 0. The standard InChI is InChI=1S/C17H28N4O/c1-12(2)16-10-20(9-15-13(3)18-11-19-15)7-6-17(22)21(16)8-14-4-5-14/h11-12,14,16H,4-10H2,1-3H3,(H,18,19). The van der Waals surface area contributed by atoms with Crippen LogP contribution in [0.3, 0.4) is 0 Å². The van der Waals surface area contributed by atoms with E-state index < -0.39 is 0 Å². The van der Waals surface area contributed by atoms with E-state index in [1.54, 1.807) is 6.33 Å². The maximum atomic E-state index is 12.6. The van der Waals surface area contributed by atoms with E-state index in [2.05, 4.69) is 40.5 Å². The number of carbonyl (C=O) groups excluding carboxylic acids is 1. The Morgan fingerprint density at radius 1 is 1.41 bits per heavy atom. The Morgan fingerprint density at radius 2 is 2.18 bits per heavy atom. The van der Waals surface area contributed by atoms with Crippen LogP contribution in [-0.4, -0.2) is 51.4 Å². The molecule has 122 valence electrons. The molecule has 1 aliphatic heterocycles. The number of imidazole rings is 1. The zero-order chi connectivity index (χ0) is 15.7. The molecule has 5 nitrogen and oxygen atoms in total. The fourth-order valence-electron chi connectivity index (χ4n) is 3.33. The molecule has 1 atom stereocenters. The number of nitrogens with one attached hydrogen (secondary N) is 1. The molecule has 2 aliphatic rings. The first-order valence-electron chi connectivity index (χ1n) is 8.55. The van der Waals surface area contributed by atoms with Crippen LogP contribution >= 0.6 is 0 Å². The van der Waals surface area contributed by atoms with Crippen molar-refractivity contribution in [2.45, 2.75) is 52.6 Å². The second-order valence-corrected chi connectivity index (χ2v) is 7.26. The molecule has 1 saturated heterocycles. The zero-order valence-corrected chi connectivity index (χ0v) is 14.0. The molecule has 1 N–H and O–H groups in total. The van der Waals surface area contributed by atoms with E-state index in [0.29, 0.717) is 24.3 Å². The summed E-state index contributed by atoms with van der Waals surface area (Å²) in [6.07, 6.45) is 4.99. The summed E-state index contributed by atoms with van der Waals surface area (Å²) in [4.78, 5) is 24.7. The maximum Gasteiger partial charge on any atom is 0.224 e. The largest absolute Gasteiger partial charge is 0.348 e. The second kappa shape index (κ2) is 6.41. The number of aromatic nitrogens is 2. The summed E-state index contributed by atoms with van der Waals surface area (Å²) in [6, 6.07) is 0.329. The van der Waals surface area contributed by atoms with E-state index in [1.807, 2.05) is 0 Å². The first kappa shape index (κ1) is 15.5. The number of hydrogen-bond acceptors (Lipinski definition) is 3. The summed E-state index contributed by atoms with van der Waals surface area (Å²) in [5, 5.41) is 0. The molecule has 0 aromatic carbocycles. The number of nitrogens with zero attached hydrogens (tertiary/aromatic N) is 3. The fourth-order valence-corrected chi connectivity index (χ4v) is 3.33. The third kappa shape index (κ3) is 3.51. The van der Waals surface area contributed by atoms with Crippen LogP contribution in [0.4, 0.5) is 0 Å². The first-order chi connectivity index (χ1) is 10.5. The van der Waals surface area contributed by atoms with Gasteiger partial charge in [0.2, 0.25) is 5.91 Å². The van der Waals surface area contributed by atoms with Crippen LogP contribution in [0, 0.1) is 18.8 Å². The van der Waals surface area contributed by atoms with Gasteiger partial charge in [-0.05, 0) is 31.6 Å². The van der Waals surface area contributed by atoms with Gasteiger partial charge in [-0.1, -0.05) is 13.8 Å². The van der Waals surface area contributed by atoms with Crippen LogP contribution in [0.2, 0.25) is 0 Å². The average Bonchev–Trinajstić information content (AvgIpc) is 3.23. The zero-order valence-electron chi connectivity index (χ0n) is 14.0. The summed E-state index contributed by atoms with van der Waals surface area (Å²) in [5.41, 5.74) is 2.23. The van der Waals surface area contributed by atoms with Gasteiger partial charge in [-0.3, -0.25) is 9.69 Å². The van der Waals surface area contributed by atoms with Crippen molar-refractivity contribution in [1.82, 2.24) is 19.8 Å². The second-order valence-electron chi connectivity index (χ2n) is 7.26. The Kier molecular flexibility index (Phi) is 4.52. The van der Waals surface area contributed by atoms with Gasteiger partial charge in [-0.15, -0.1) is 0 Å². The van der Waals surface area contributed by atoms with Crippen LogP contribution in [0.5, 0.6) is 0 Å². The lowest BCUT2D eigenvalue weighted by atomic mass is 10.0. The van der Waals surface area contributed by atoms with E-state index >= 15 is 0 Å². The molecule has 1 saturated carbocycles. The highest BCUT2D eigenvalue weighted by molar-refractivity contribution is 5.77. The lowest BCUT2D eigenvalue weighted by Crippen LogP contribution is -2.47. The monoisotopic (exact) mass is 304 g/mol. The predicted octanol–water partition coefficient (Wildman–Crippen LogP) is 2.19. The number of rotatable bonds is 5. The lowest BCUT2D eigenvalue weighted by Gasteiger charge is -2.34. The molecule has 1 amide bonds. The third-order valence-electron chi connectivity index (χ3n) is 5.04. The van der Waals surface area contributed by atoms with Gasteiger partial charge in [-0.25, -0.2) is 4.98 Å². The molecule has 0 radical (unpaired) electrons. The SMILES string of the molecule is Cc1[nH]cnc1CN1CCC(=O)N(CC2CC2)C(C(C)C)C1. The molecule has 3 rings (SSSR count). The van der Waals surface area contributed by atoms with Crippen molar-refractivity contribution in [3.05, 3.63) is 17.7 Å². The molecule has 5 heteroatoms. The van der Waals surface area contributed by atoms with Crippen LogP contribution in [0.1, 0.15) is 44.5 Å². The fraction of sp³-hybridized carbons (Fsp3) is 0.765. The molecule has 1 unspecified atom stereocenters. The van der Waals surface area contributed by atoms with E-state index in [9.17, 15) is 4.79 Å². The smallest absolute Gasteiger partial charge is 0.224 e. The van der Waals surface area contributed by atoms with Crippen LogP contribution in [0.15, 0.2) is 6.33 Å². The van der Waals surface area contributed by atoms with Gasteiger partial charge in [-0.2, -0.15) is 0 Å². The average molecular weight is 304 g/mol.